The van der Waals surface area contributed by atoms with Gasteiger partial charge in [-0.15, -0.1) is 22.7 Å². The second kappa shape index (κ2) is 11.0. The molecule has 3 heterocycles. The standard InChI is InChI=1S/C44H28N2S2/c1-3-11-31(12-4-1)45(34-24-26-40-38(28-34)35-15-7-9-17-39(35)46(40)32-13-5-2-6-14-32)33-22-19-29(20-23-33)30-21-25-37-42(27-30)48-43-36-16-8-10-18-41(36)47-44(37)43/h1-28H. The molecule has 0 atom stereocenters. The maximum atomic E-state index is 2.37. The normalized spacial score (nSPS) is 11.8. The van der Waals surface area contributed by atoms with E-state index in [0.29, 0.717) is 0 Å². The number of thiophene rings is 2. The van der Waals surface area contributed by atoms with E-state index in [0.717, 1.165) is 17.1 Å². The molecule has 0 spiro atoms. The molecule has 0 saturated heterocycles. The largest absolute Gasteiger partial charge is 0.310 e. The summed E-state index contributed by atoms with van der Waals surface area (Å²) in [6.45, 7) is 0. The van der Waals surface area contributed by atoms with Gasteiger partial charge >= 0.3 is 0 Å². The van der Waals surface area contributed by atoms with Gasteiger partial charge in [0, 0.05) is 53.7 Å². The van der Waals surface area contributed by atoms with Gasteiger partial charge in [0.2, 0.25) is 0 Å². The summed E-state index contributed by atoms with van der Waals surface area (Å²) in [5.41, 5.74) is 9.42. The van der Waals surface area contributed by atoms with Crippen LogP contribution < -0.4 is 4.90 Å². The fourth-order valence-electron chi connectivity index (χ4n) is 7.17. The highest BCUT2D eigenvalue weighted by molar-refractivity contribution is 7.36. The maximum Gasteiger partial charge on any atom is 0.0542 e. The first-order chi connectivity index (χ1) is 23.8. The molecule has 10 rings (SSSR count). The zero-order chi connectivity index (χ0) is 31.6. The van der Waals surface area contributed by atoms with Crippen LogP contribution in [0, 0.1) is 0 Å². The third-order valence-corrected chi connectivity index (χ3v) is 11.9. The van der Waals surface area contributed by atoms with Gasteiger partial charge in [0.1, 0.15) is 0 Å². The molecule has 7 aromatic carbocycles. The number of anilines is 3. The topological polar surface area (TPSA) is 8.17 Å². The predicted octanol–water partition coefficient (Wildman–Crippen LogP) is 13.5. The Labute approximate surface area is 286 Å². The molecule has 3 aromatic heterocycles. The van der Waals surface area contributed by atoms with E-state index in [9.17, 15) is 0 Å². The van der Waals surface area contributed by atoms with Gasteiger partial charge in [-0.25, -0.2) is 0 Å². The molecule has 0 aliphatic heterocycles. The summed E-state index contributed by atoms with van der Waals surface area (Å²) in [7, 11) is 0. The Morgan fingerprint density at radius 2 is 0.958 bits per heavy atom. The van der Waals surface area contributed by atoms with Crippen molar-refractivity contribution >= 4 is 91.1 Å². The van der Waals surface area contributed by atoms with Crippen LogP contribution >= 0.6 is 22.7 Å². The van der Waals surface area contributed by atoms with Crippen LogP contribution in [0.4, 0.5) is 17.1 Å². The molecule has 4 heteroatoms. The quantitative estimate of drug-likeness (QED) is 0.180. The number of para-hydroxylation sites is 3. The summed E-state index contributed by atoms with van der Waals surface area (Å²) in [6.07, 6.45) is 0. The van der Waals surface area contributed by atoms with Crippen LogP contribution in [0.25, 0.3) is 68.2 Å². The Hall–Kier alpha value is -5.68. The molecule has 0 fully saturated rings. The second-order valence-corrected chi connectivity index (χ2v) is 14.3. The van der Waals surface area contributed by atoms with Crippen LogP contribution in [0.15, 0.2) is 170 Å². The van der Waals surface area contributed by atoms with E-state index in [1.165, 1.54) is 68.2 Å². The number of aromatic nitrogens is 1. The van der Waals surface area contributed by atoms with Crippen molar-refractivity contribution < 1.29 is 0 Å². The highest BCUT2D eigenvalue weighted by Crippen LogP contribution is 2.45. The van der Waals surface area contributed by atoms with Gasteiger partial charge in [0.05, 0.1) is 20.4 Å². The minimum absolute atomic E-state index is 1.13. The fraction of sp³-hybridized carbons (Fsp3) is 0. The Balaban J connectivity index is 1.07. The zero-order valence-electron chi connectivity index (χ0n) is 25.9. The van der Waals surface area contributed by atoms with Crippen molar-refractivity contribution in [3.63, 3.8) is 0 Å². The highest BCUT2D eigenvalue weighted by Gasteiger charge is 2.18. The number of hydrogen-bond donors (Lipinski definition) is 0. The lowest BCUT2D eigenvalue weighted by Gasteiger charge is -2.26. The molecule has 48 heavy (non-hydrogen) atoms. The van der Waals surface area contributed by atoms with Crippen molar-refractivity contribution in [1.82, 2.24) is 4.57 Å². The maximum absolute atomic E-state index is 2.37. The average molecular weight is 649 g/mol. The van der Waals surface area contributed by atoms with Gasteiger partial charge in [-0.05, 0) is 83.9 Å². The molecule has 0 amide bonds. The van der Waals surface area contributed by atoms with E-state index in [-0.39, 0.29) is 0 Å². The second-order valence-electron chi connectivity index (χ2n) is 12.2. The molecule has 2 nitrogen and oxygen atoms in total. The van der Waals surface area contributed by atoms with Crippen LogP contribution in [-0.4, -0.2) is 4.57 Å². The molecule has 10 aromatic rings. The first kappa shape index (κ1) is 27.4. The van der Waals surface area contributed by atoms with Gasteiger partial charge in [-0.1, -0.05) is 97.1 Å². The Morgan fingerprint density at radius 1 is 0.375 bits per heavy atom. The molecule has 0 N–H and O–H groups in total. The molecule has 0 bridgehead atoms. The van der Waals surface area contributed by atoms with E-state index in [2.05, 4.69) is 179 Å². The lowest BCUT2D eigenvalue weighted by atomic mass is 10.0. The van der Waals surface area contributed by atoms with Crippen molar-refractivity contribution in [1.29, 1.82) is 0 Å². The first-order valence-corrected chi connectivity index (χ1v) is 17.8. The van der Waals surface area contributed by atoms with Crippen LogP contribution in [0.3, 0.4) is 0 Å². The smallest absolute Gasteiger partial charge is 0.0542 e. The molecule has 226 valence electrons. The van der Waals surface area contributed by atoms with Crippen LogP contribution in [-0.2, 0) is 0 Å². The number of hydrogen-bond acceptors (Lipinski definition) is 3. The molecule has 0 aliphatic rings. The SMILES string of the molecule is c1ccc(N(c2ccc(-c3ccc4c(c3)sc3c5ccccc5sc43)cc2)c2ccc3c(c2)c2ccccc2n3-c2ccccc2)cc1. The van der Waals surface area contributed by atoms with Gasteiger partial charge in [0.15, 0.2) is 0 Å². The van der Waals surface area contributed by atoms with Crippen molar-refractivity contribution in [2.45, 2.75) is 0 Å². The van der Waals surface area contributed by atoms with E-state index in [1.54, 1.807) is 0 Å². The average Bonchev–Trinajstić information content (AvgIpc) is 3.80. The molecule has 0 radical (unpaired) electrons. The number of nitrogens with zero attached hydrogens (tertiary/aromatic N) is 2. The Kier molecular flexibility index (Phi) is 6.26. The summed E-state index contributed by atoms with van der Waals surface area (Å²) in [6, 6.07) is 61.6. The predicted molar refractivity (Wildman–Crippen MR) is 209 cm³/mol. The number of rotatable bonds is 5. The fourth-order valence-corrected chi connectivity index (χ4v) is 9.86. The Morgan fingerprint density at radius 3 is 1.77 bits per heavy atom. The molecule has 0 unspecified atom stereocenters. The number of benzene rings is 7. The van der Waals surface area contributed by atoms with Crippen LogP contribution in [0.1, 0.15) is 0 Å². The minimum atomic E-state index is 1.13. The highest BCUT2D eigenvalue weighted by atomic mass is 32.1. The number of fused-ring (bicyclic) bond motifs is 8. The van der Waals surface area contributed by atoms with Crippen molar-refractivity contribution in [3.8, 4) is 16.8 Å². The molecule has 0 aliphatic carbocycles. The lowest BCUT2D eigenvalue weighted by molar-refractivity contribution is 1.18. The van der Waals surface area contributed by atoms with E-state index in [1.807, 2.05) is 22.7 Å². The third-order valence-electron chi connectivity index (χ3n) is 9.39. The summed E-state index contributed by atoms with van der Waals surface area (Å²) >= 11 is 3.82. The molecular formula is C44H28N2S2. The summed E-state index contributed by atoms with van der Waals surface area (Å²) in [4.78, 5) is 2.36. The van der Waals surface area contributed by atoms with Crippen molar-refractivity contribution in [2.75, 3.05) is 4.90 Å². The van der Waals surface area contributed by atoms with Gasteiger partial charge < -0.3 is 9.47 Å². The monoisotopic (exact) mass is 648 g/mol. The van der Waals surface area contributed by atoms with E-state index < -0.39 is 0 Å². The van der Waals surface area contributed by atoms with Crippen LogP contribution in [0.5, 0.6) is 0 Å². The zero-order valence-corrected chi connectivity index (χ0v) is 27.5. The van der Waals surface area contributed by atoms with E-state index in [4.69, 9.17) is 0 Å². The van der Waals surface area contributed by atoms with Crippen molar-refractivity contribution in [2.24, 2.45) is 0 Å². The summed E-state index contributed by atoms with van der Waals surface area (Å²) < 4.78 is 7.88. The van der Waals surface area contributed by atoms with E-state index >= 15 is 0 Å². The van der Waals surface area contributed by atoms with Crippen molar-refractivity contribution in [3.05, 3.63) is 170 Å². The first-order valence-electron chi connectivity index (χ1n) is 16.2. The molecular weight excluding hydrogens is 621 g/mol. The van der Waals surface area contributed by atoms with Gasteiger partial charge in [0.25, 0.3) is 0 Å². The Bertz CT molecular complexity index is 2770. The van der Waals surface area contributed by atoms with Gasteiger partial charge in [-0.3, -0.25) is 0 Å². The summed E-state index contributed by atoms with van der Waals surface area (Å²) in [5.74, 6) is 0. The lowest BCUT2D eigenvalue weighted by Crippen LogP contribution is -2.09. The molecule has 0 saturated carbocycles. The van der Waals surface area contributed by atoms with Crippen LogP contribution in [0.2, 0.25) is 0 Å². The minimum Gasteiger partial charge on any atom is -0.310 e. The third kappa shape index (κ3) is 4.31. The van der Waals surface area contributed by atoms with Gasteiger partial charge in [-0.2, -0.15) is 0 Å². The summed E-state index contributed by atoms with van der Waals surface area (Å²) in [5, 5.41) is 5.21.